The number of likely N-dealkylation sites (tertiary alicyclic amines) is 1. The Morgan fingerprint density at radius 3 is 2.39 bits per heavy atom. The van der Waals surface area contributed by atoms with Crippen molar-refractivity contribution in [2.75, 3.05) is 13.1 Å². The number of alkyl halides is 3. The number of nitrogens with zero attached hydrogens (tertiary/aromatic N) is 1. The van der Waals surface area contributed by atoms with Crippen molar-refractivity contribution in [1.29, 1.82) is 0 Å². The van der Waals surface area contributed by atoms with Gasteiger partial charge in [0.1, 0.15) is 0 Å². The van der Waals surface area contributed by atoms with E-state index in [0.29, 0.717) is 12.8 Å². The Bertz CT molecular complexity index is 435. The summed E-state index contributed by atoms with van der Waals surface area (Å²) in [6, 6.07) is -1.75. The van der Waals surface area contributed by atoms with E-state index in [4.69, 9.17) is 20.9 Å². The molecule has 3 atom stereocenters. The minimum absolute atomic E-state index is 0.00286. The van der Waals surface area contributed by atoms with Crippen LogP contribution in [0.25, 0.3) is 0 Å². The maximum atomic E-state index is 12.3. The van der Waals surface area contributed by atoms with Crippen molar-refractivity contribution in [3.05, 3.63) is 0 Å². The molecule has 1 saturated heterocycles. The Morgan fingerprint density at radius 1 is 1.30 bits per heavy atom. The zero-order valence-electron chi connectivity index (χ0n) is 12.4. The van der Waals surface area contributed by atoms with Crippen molar-refractivity contribution in [3.8, 4) is 0 Å². The largest absolute Gasteiger partial charge is 0.481 e. The third kappa shape index (κ3) is 6.36. The Hall–Kier alpha value is -1.33. The van der Waals surface area contributed by atoms with E-state index in [1.165, 1.54) is 0 Å². The van der Waals surface area contributed by atoms with E-state index >= 15 is 0 Å². The van der Waals surface area contributed by atoms with Gasteiger partial charge < -0.3 is 25.8 Å². The summed E-state index contributed by atoms with van der Waals surface area (Å²) in [5.41, 5.74) is 5.27. The van der Waals surface area contributed by atoms with Gasteiger partial charge in [0.2, 0.25) is 5.91 Å². The van der Waals surface area contributed by atoms with Crippen molar-refractivity contribution in [3.63, 3.8) is 0 Å². The zero-order chi connectivity index (χ0) is 17.8. The van der Waals surface area contributed by atoms with Crippen LogP contribution in [0.5, 0.6) is 0 Å². The van der Waals surface area contributed by atoms with Crippen LogP contribution in [-0.4, -0.2) is 64.4 Å². The predicted octanol–water partition coefficient (Wildman–Crippen LogP) is -0.322. The van der Waals surface area contributed by atoms with Crippen LogP contribution in [0.1, 0.15) is 19.3 Å². The number of amides is 1. The van der Waals surface area contributed by atoms with E-state index in [0.717, 1.165) is 4.90 Å². The van der Waals surface area contributed by atoms with Gasteiger partial charge in [0.25, 0.3) is 0 Å². The van der Waals surface area contributed by atoms with Gasteiger partial charge in [-0.05, 0) is 18.7 Å². The second-order valence-electron chi connectivity index (χ2n) is 5.79. The van der Waals surface area contributed by atoms with E-state index in [2.05, 4.69) is 0 Å². The smallest absolute Gasteiger partial charge is 0.451 e. The highest BCUT2D eigenvalue weighted by Gasteiger charge is 2.42. The van der Waals surface area contributed by atoms with Crippen LogP contribution in [0.2, 0.25) is 6.32 Å². The lowest BCUT2D eigenvalue weighted by molar-refractivity contribution is -0.152. The fourth-order valence-electron chi connectivity index (χ4n) is 2.76. The van der Waals surface area contributed by atoms with Gasteiger partial charge in [-0.2, -0.15) is 13.2 Å². The molecule has 1 aliphatic heterocycles. The van der Waals surface area contributed by atoms with E-state index in [9.17, 15) is 22.8 Å². The van der Waals surface area contributed by atoms with Crippen LogP contribution in [0.3, 0.4) is 0 Å². The number of halogens is 3. The molecular formula is C12H20BF3N2O5. The molecular weight excluding hydrogens is 320 g/mol. The lowest BCUT2D eigenvalue weighted by Crippen LogP contribution is -2.45. The summed E-state index contributed by atoms with van der Waals surface area (Å²) in [5.74, 6) is -3.40. The van der Waals surface area contributed by atoms with Crippen LogP contribution in [0, 0.1) is 11.8 Å². The quantitative estimate of drug-likeness (QED) is 0.471. The first-order valence-corrected chi connectivity index (χ1v) is 7.21. The number of carboxylic acids is 1. The highest BCUT2D eigenvalue weighted by atomic mass is 19.4. The van der Waals surface area contributed by atoms with Crippen molar-refractivity contribution in [2.45, 2.75) is 37.8 Å². The Morgan fingerprint density at radius 2 is 1.91 bits per heavy atom. The Balaban J connectivity index is 2.64. The van der Waals surface area contributed by atoms with E-state index in [1.54, 1.807) is 0 Å². The van der Waals surface area contributed by atoms with Crippen LogP contribution in [0.4, 0.5) is 13.2 Å². The summed E-state index contributed by atoms with van der Waals surface area (Å²) >= 11 is 0. The fourth-order valence-corrected chi connectivity index (χ4v) is 2.76. The van der Waals surface area contributed by atoms with Gasteiger partial charge >= 0.3 is 19.3 Å². The van der Waals surface area contributed by atoms with Crippen LogP contribution in [-0.2, 0) is 9.59 Å². The SMILES string of the molecule is NC(CC(F)(F)F)C(=O)N1C[C@H](CCCB(O)O)[C@H](C(=O)O)C1. The molecule has 1 unspecified atom stereocenters. The number of nitrogens with two attached hydrogens (primary N) is 1. The number of rotatable bonds is 7. The third-order valence-electron chi connectivity index (χ3n) is 3.88. The minimum Gasteiger partial charge on any atom is -0.481 e. The zero-order valence-corrected chi connectivity index (χ0v) is 12.4. The van der Waals surface area contributed by atoms with Crippen LogP contribution >= 0.6 is 0 Å². The Labute approximate surface area is 131 Å². The van der Waals surface area contributed by atoms with Gasteiger partial charge in [0, 0.05) is 13.1 Å². The maximum absolute atomic E-state index is 12.3. The maximum Gasteiger partial charge on any atom is 0.451 e. The average molecular weight is 340 g/mol. The van der Waals surface area contributed by atoms with Crippen molar-refractivity contribution in [2.24, 2.45) is 17.6 Å². The molecule has 0 aromatic rings. The highest BCUT2D eigenvalue weighted by molar-refractivity contribution is 6.40. The molecule has 1 amide bonds. The number of aliphatic carboxylic acids is 1. The normalized spacial score (nSPS) is 23.0. The average Bonchev–Trinajstić information content (AvgIpc) is 2.79. The molecule has 0 bridgehead atoms. The molecule has 1 rings (SSSR count). The summed E-state index contributed by atoms with van der Waals surface area (Å²) in [6.07, 6.45) is -5.31. The van der Waals surface area contributed by atoms with Gasteiger partial charge in [0.15, 0.2) is 0 Å². The first-order chi connectivity index (χ1) is 10.5. The summed E-state index contributed by atoms with van der Waals surface area (Å²) in [6.45, 7) is -0.186. The molecule has 0 aromatic heterocycles. The molecule has 23 heavy (non-hydrogen) atoms. The summed E-state index contributed by atoms with van der Waals surface area (Å²) in [7, 11) is -1.50. The first kappa shape index (κ1) is 19.7. The molecule has 132 valence electrons. The summed E-state index contributed by atoms with van der Waals surface area (Å²) in [5, 5.41) is 26.7. The molecule has 0 aliphatic carbocycles. The van der Waals surface area contributed by atoms with Gasteiger partial charge in [0.05, 0.1) is 18.4 Å². The van der Waals surface area contributed by atoms with Crippen molar-refractivity contribution >= 4 is 19.0 Å². The predicted molar refractivity (Wildman–Crippen MR) is 74.1 cm³/mol. The number of carbonyl (C=O) groups is 2. The second-order valence-corrected chi connectivity index (χ2v) is 5.79. The molecule has 0 spiro atoms. The topological polar surface area (TPSA) is 124 Å². The van der Waals surface area contributed by atoms with Gasteiger partial charge in [-0.3, -0.25) is 9.59 Å². The molecule has 11 heteroatoms. The molecule has 1 aliphatic rings. The molecule has 7 nitrogen and oxygen atoms in total. The lowest BCUT2D eigenvalue weighted by atomic mass is 9.80. The van der Waals surface area contributed by atoms with Crippen LogP contribution in [0.15, 0.2) is 0 Å². The molecule has 1 heterocycles. The molecule has 0 aromatic carbocycles. The summed E-state index contributed by atoms with van der Waals surface area (Å²) in [4.78, 5) is 24.2. The molecule has 0 saturated carbocycles. The second kappa shape index (κ2) is 7.98. The molecule has 5 N–H and O–H groups in total. The first-order valence-electron chi connectivity index (χ1n) is 7.21. The van der Waals surface area contributed by atoms with E-state index < -0.39 is 49.5 Å². The number of hydrogen-bond acceptors (Lipinski definition) is 5. The third-order valence-corrected chi connectivity index (χ3v) is 3.88. The number of hydrogen-bond donors (Lipinski definition) is 4. The van der Waals surface area contributed by atoms with E-state index in [1.807, 2.05) is 0 Å². The standard InChI is InChI=1S/C12H20BF3N2O5/c14-12(15,16)4-9(17)10(19)18-5-7(2-1-3-13(22)23)8(6-18)11(20)21/h7-9,22-23H,1-6,17H2,(H,20,21)/t7-,8+,9?/m0/s1. The van der Waals surface area contributed by atoms with Gasteiger partial charge in [-0.25, -0.2) is 0 Å². The van der Waals surface area contributed by atoms with Crippen molar-refractivity contribution < 1.29 is 37.9 Å². The van der Waals surface area contributed by atoms with Crippen LogP contribution < -0.4 is 5.73 Å². The number of carboxylic acid groups (broad SMARTS) is 1. The molecule has 0 radical (unpaired) electrons. The Kier molecular flexibility index (Phi) is 6.84. The van der Waals surface area contributed by atoms with E-state index in [-0.39, 0.29) is 19.4 Å². The van der Waals surface area contributed by atoms with Crippen molar-refractivity contribution in [1.82, 2.24) is 4.90 Å². The van der Waals surface area contributed by atoms with Gasteiger partial charge in [-0.1, -0.05) is 6.42 Å². The molecule has 1 fully saturated rings. The monoisotopic (exact) mass is 340 g/mol. The fraction of sp³-hybridized carbons (Fsp3) is 0.833. The summed E-state index contributed by atoms with van der Waals surface area (Å²) < 4.78 is 36.9. The number of carbonyl (C=O) groups excluding carboxylic acids is 1. The minimum atomic E-state index is -4.57. The van der Waals surface area contributed by atoms with Gasteiger partial charge in [-0.15, -0.1) is 0 Å². The highest BCUT2D eigenvalue weighted by Crippen LogP contribution is 2.30. The lowest BCUT2D eigenvalue weighted by Gasteiger charge is -2.21.